The second kappa shape index (κ2) is 6.50. The van der Waals surface area contributed by atoms with Gasteiger partial charge in [-0.2, -0.15) is 0 Å². The van der Waals surface area contributed by atoms with Crippen molar-refractivity contribution in [3.63, 3.8) is 0 Å². The summed E-state index contributed by atoms with van der Waals surface area (Å²) in [6.07, 6.45) is 3.83. The molecule has 2 atom stereocenters. The number of rotatable bonds is 2. The summed E-state index contributed by atoms with van der Waals surface area (Å²) in [6.45, 7) is 8.44. The molecule has 1 aliphatic rings. The van der Waals surface area contributed by atoms with Gasteiger partial charge in [0.2, 0.25) is 0 Å². The van der Waals surface area contributed by atoms with Crippen LogP contribution in [0.4, 0.5) is 4.79 Å². The molecule has 116 valence electrons. The smallest absolute Gasteiger partial charge is 0.430 e. The maximum atomic E-state index is 12.1. The Morgan fingerprint density at radius 1 is 1.14 bits per heavy atom. The minimum absolute atomic E-state index is 0.00644. The van der Waals surface area contributed by atoms with E-state index in [0.717, 1.165) is 24.8 Å². The Labute approximate surface area is 127 Å². The summed E-state index contributed by atoms with van der Waals surface area (Å²) in [5.41, 5.74) is 0.938. The maximum Gasteiger partial charge on any atom is 0.514 e. The molecule has 0 spiro atoms. The van der Waals surface area contributed by atoms with Gasteiger partial charge in [0.15, 0.2) is 0 Å². The third kappa shape index (κ3) is 4.23. The lowest BCUT2D eigenvalue weighted by molar-refractivity contribution is 0.0159. The maximum absolute atomic E-state index is 12.1. The van der Waals surface area contributed by atoms with Gasteiger partial charge in [0.05, 0.1) is 0 Å². The van der Waals surface area contributed by atoms with Crippen molar-refractivity contribution in [1.29, 1.82) is 0 Å². The van der Waals surface area contributed by atoms with E-state index in [2.05, 4.69) is 27.7 Å². The molecule has 0 aromatic heterocycles. The Bertz CT molecular complexity index is 487. The molecule has 2 unspecified atom stereocenters. The van der Waals surface area contributed by atoms with Gasteiger partial charge in [-0.1, -0.05) is 52.3 Å². The number of ether oxygens (including phenoxy) is 2. The van der Waals surface area contributed by atoms with Crippen LogP contribution in [0, 0.1) is 5.92 Å². The van der Waals surface area contributed by atoms with Crippen LogP contribution in [0.1, 0.15) is 58.9 Å². The third-order valence-electron chi connectivity index (χ3n) is 4.17. The molecule has 3 nitrogen and oxygen atoms in total. The minimum Gasteiger partial charge on any atom is -0.430 e. The second-order valence-electron chi connectivity index (χ2n) is 7.02. The van der Waals surface area contributed by atoms with Gasteiger partial charge in [-0.3, -0.25) is 0 Å². The lowest BCUT2D eigenvalue weighted by atomic mass is 9.86. The first kappa shape index (κ1) is 15.9. The monoisotopic (exact) mass is 290 g/mol. The number of hydrogen-bond acceptors (Lipinski definition) is 3. The summed E-state index contributed by atoms with van der Waals surface area (Å²) in [4.78, 5) is 12.1. The summed E-state index contributed by atoms with van der Waals surface area (Å²) in [5, 5.41) is 0. The highest BCUT2D eigenvalue weighted by atomic mass is 16.7. The van der Waals surface area contributed by atoms with Crippen LogP contribution in [0.15, 0.2) is 24.3 Å². The van der Waals surface area contributed by atoms with Gasteiger partial charge < -0.3 is 9.47 Å². The van der Waals surface area contributed by atoms with Gasteiger partial charge in [0.25, 0.3) is 0 Å². The SMILES string of the molecule is CC1CCCCC1OC(=O)Oc1ccccc1C(C)(C)C. The molecule has 0 amide bonds. The van der Waals surface area contributed by atoms with Crippen LogP contribution in [0.5, 0.6) is 5.75 Å². The van der Waals surface area contributed by atoms with Crippen molar-refractivity contribution in [2.24, 2.45) is 5.92 Å². The highest BCUT2D eigenvalue weighted by Crippen LogP contribution is 2.32. The van der Waals surface area contributed by atoms with Crippen LogP contribution >= 0.6 is 0 Å². The van der Waals surface area contributed by atoms with Crippen LogP contribution in [0.25, 0.3) is 0 Å². The standard InChI is InChI=1S/C18H26O3/c1-13-9-5-7-11-15(13)20-17(19)21-16-12-8-6-10-14(16)18(2,3)4/h6,8,10,12-13,15H,5,7,9,11H2,1-4H3. The van der Waals surface area contributed by atoms with Crippen LogP contribution in [0.2, 0.25) is 0 Å². The molecule has 0 aliphatic heterocycles. The van der Waals surface area contributed by atoms with Crippen molar-refractivity contribution >= 4 is 6.16 Å². The molecule has 1 fully saturated rings. The van der Waals surface area contributed by atoms with E-state index in [4.69, 9.17) is 9.47 Å². The number of carbonyl (C=O) groups is 1. The highest BCUT2D eigenvalue weighted by molar-refractivity contribution is 5.65. The van der Waals surface area contributed by atoms with E-state index in [1.165, 1.54) is 6.42 Å². The Morgan fingerprint density at radius 2 is 1.81 bits per heavy atom. The van der Waals surface area contributed by atoms with Gasteiger partial charge in [0.1, 0.15) is 11.9 Å². The summed E-state index contributed by atoms with van der Waals surface area (Å²) in [6, 6.07) is 7.65. The zero-order valence-electron chi connectivity index (χ0n) is 13.5. The van der Waals surface area contributed by atoms with E-state index in [9.17, 15) is 4.79 Å². The fraction of sp³-hybridized carbons (Fsp3) is 0.611. The number of benzene rings is 1. The molecule has 21 heavy (non-hydrogen) atoms. The van der Waals surface area contributed by atoms with E-state index in [-0.39, 0.29) is 11.5 Å². The Hall–Kier alpha value is -1.51. The molecule has 0 heterocycles. The molecule has 3 heteroatoms. The van der Waals surface area contributed by atoms with Crippen LogP contribution in [0.3, 0.4) is 0 Å². The van der Waals surface area contributed by atoms with Gasteiger partial charge in [-0.05, 0) is 36.7 Å². The first-order chi connectivity index (χ1) is 9.88. The van der Waals surface area contributed by atoms with Crippen molar-refractivity contribution < 1.29 is 14.3 Å². The van der Waals surface area contributed by atoms with Crippen molar-refractivity contribution in [3.8, 4) is 5.75 Å². The Kier molecular flexibility index (Phi) is 4.92. The highest BCUT2D eigenvalue weighted by Gasteiger charge is 2.27. The van der Waals surface area contributed by atoms with E-state index in [0.29, 0.717) is 11.7 Å². The molecule has 2 rings (SSSR count). The molecule has 0 N–H and O–H groups in total. The predicted molar refractivity (Wildman–Crippen MR) is 83.7 cm³/mol. The zero-order valence-corrected chi connectivity index (χ0v) is 13.5. The molecule has 1 aromatic rings. The van der Waals surface area contributed by atoms with Crippen molar-refractivity contribution in [3.05, 3.63) is 29.8 Å². The van der Waals surface area contributed by atoms with E-state index in [1.54, 1.807) is 0 Å². The normalized spacial score (nSPS) is 22.7. The quantitative estimate of drug-likeness (QED) is 0.563. The largest absolute Gasteiger partial charge is 0.514 e. The average Bonchev–Trinajstić information content (AvgIpc) is 2.41. The van der Waals surface area contributed by atoms with E-state index >= 15 is 0 Å². The molecule has 0 bridgehead atoms. The number of hydrogen-bond donors (Lipinski definition) is 0. The lowest BCUT2D eigenvalue weighted by Crippen LogP contribution is -2.29. The van der Waals surface area contributed by atoms with Gasteiger partial charge in [0, 0.05) is 5.56 Å². The van der Waals surface area contributed by atoms with Gasteiger partial charge in [-0.15, -0.1) is 0 Å². The van der Waals surface area contributed by atoms with Crippen LogP contribution in [-0.2, 0) is 10.2 Å². The summed E-state index contributed by atoms with van der Waals surface area (Å²) in [5.74, 6) is 1.02. The van der Waals surface area contributed by atoms with Gasteiger partial charge >= 0.3 is 6.16 Å². The molecule has 1 aromatic carbocycles. The topological polar surface area (TPSA) is 35.5 Å². The molecule has 1 aliphatic carbocycles. The summed E-state index contributed by atoms with van der Waals surface area (Å²) in [7, 11) is 0. The predicted octanol–water partition coefficient (Wildman–Crippen LogP) is 5.08. The van der Waals surface area contributed by atoms with Crippen molar-refractivity contribution in [2.75, 3.05) is 0 Å². The van der Waals surface area contributed by atoms with E-state index in [1.807, 2.05) is 24.3 Å². The summed E-state index contributed by atoms with van der Waals surface area (Å²) >= 11 is 0. The molecule has 1 saturated carbocycles. The average molecular weight is 290 g/mol. The fourth-order valence-corrected chi connectivity index (χ4v) is 2.87. The fourth-order valence-electron chi connectivity index (χ4n) is 2.87. The first-order valence-corrected chi connectivity index (χ1v) is 7.86. The molecular formula is C18H26O3. The summed E-state index contributed by atoms with van der Waals surface area (Å²) < 4.78 is 11.0. The zero-order chi connectivity index (χ0) is 15.5. The Morgan fingerprint density at radius 3 is 2.48 bits per heavy atom. The van der Waals surface area contributed by atoms with E-state index < -0.39 is 6.16 Å². The first-order valence-electron chi connectivity index (χ1n) is 7.86. The molecular weight excluding hydrogens is 264 g/mol. The third-order valence-corrected chi connectivity index (χ3v) is 4.17. The molecule has 0 radical (unpaired) electrons. The van der Waals surface area contributed by atoms with Crippen LogP contribution < -0.4 is 4.74 Å². The molecule has 0 saturated heterocycles. The van der Waals surface area contributed by atoms with Crippen molar-refractivity contribution in [1.82, 2.24) is 0 Å². The lowest BCUT2D eigenvalue weighted by Gasteiger charge is -2.28. The van der Waals surface area contributed by atoms with Crippen LogP contribution in [-0.4, -0.2) is 12.3 Å². The minimum atomic E-state index is -0.578. The number of para-hydroxylation sites is 1. The van der Waals surface area contributed by atoms with Gasteiger partial charge in [-0.25, -0.2) is 4.79 Å². The second-order valence-corrected chi connectivity index (χ2v) is 7.02. The Balaban J connectivity index is 2.03. The van der Waals surface area contributed by atoms with Crippen molar-refractivity contribution in [2.45, 2.75) is 64.9 Å². The number of carbonyl (C=O) groups excluding carboxylic acids is 1.